The van der Waals surface area contributed by atoms with Gasteiger partial charge in [-0.15, -0.1) is 0 Å². The summed E-state index contributed by atoms with van der Waals surface area (Å²) in [6, 6.07) is 13.7. The molecular formula is C21H19ClN4O. The third-order valence-corrected chi connectivity index (χ3v) is 4.94. The summed E-state index contributed by atoms with van der Waals surface area (Å²) >= 11 is 6.28. The van der Waals surface area contributed by atoms with Crippen LogP contribution in [0.4, 0.5) is 0 Å². The molecule has 0 radical (unpaired) electrons. The maximum absolute atomic E-state index is 6.28. The molecule has 0 atom stereocenters. The molecule has 0 aliphatic heterocycles. The minimum absolute atomic E-state index is 0.633. The normalized spacial score (nSPS) is 14.8. The van der Waals surface area contributed by atoms with Crippen molar-refractivity contribution in [3.63, 3.8) is 0 Å². The molecule has 0 bridgehead atoms. The van der Waals surface area contributed by atoms with E-state index in [-0.39, 0.29) is 0 Å². The van der Waals surface area contributed by atoms with Gasteiger partial charge in [0.15, 0.2) is 5.82 Å². The average Bonchev–Trinajstić information content (AvgIpc) is 2.70. The minimum atomic E-state index is 0.633. The number of oxime groups is 1. The molecule has 2 aromatic heterocycles. The third-order valence-electron chi connectivity index (χ3n) is 4.57. The number of benzene rings is 1. The summed E-state index contributed by atoms with van der Waals surface area (Å²) in [6.07, 6.45) is 5.30. The molecule has 1 aromatic carbocycles. The van der Waals surface area contributed by atoms with Crippen LogP contribution in [0.25, 0.3) is 11.5 Å². The molecule has 0 fully saturated rings. The largest absolute Gasteiger partial charge is 0.399 e. The Labute approximate surface area is 163 Å². The highest BCUT2D eigenvalue weighted by Gasteiger charge is 2.19. The molecule has 0 saturated carbocycles. The number of nitrogens with zero attached hydrogens (tertiary/aromatic N) is 4. The number of halogens is 1. The number of aromatic nitrogens is 3. The van der Waals surface area contributed by atoms with Crippen LogP contribution in [-0.4, -0.2) is 27.8 Å². The van der Waals surface area contributed by atoms with Gasteiger partial charge in [0.25, 0.3) is 0 Å². The average molecular weight is 379 g/mol. The lowest BCUT2D eigenvalue weighted by molar-refractivity contribution is 0.212. The van der Waals surface area contributed by atoms with E-state index in [4.69, 9.17) is 26.4 Å². The summed E-state index contributed by atoms with van der Waals surface area (Å²) < 4.78 is 0. The predicted octanol–water partition coefficient (Wildman–Crippen LogP) is 4.47. The van der Waals surface area contributed by atoms with Gasteiger partial charge in [0, 0.05) is 28.9 Å². The molecule has 1 aliphatic rings. The number of fused-ring (bicyclic) bond motifs is 1. The zero-order valence-electron chi connectivity index (χ0n) is 15.0. The van der Waals surface area contributed by atoms with Crippen LogP contribution in [0.2, 0.25) is 5.02 Å². The van der Waals surface area contributed by atoms with Crippen molar-refractivity contribution in [2.75, 3.05) is 7.11 Å². The number of hydrogen-bond acceptors (Lipinski definition) is 5. The van der Waals surface area contributed by atoms with Crippen molar-refractivity contribution in [3.05, 3.63) is 76.2 Å². The molecule has 2 heterocycles. The molecule has 5 nitrogen and oxygen atoms in total. The van der Waals surface area contributed by atoms with Gasteiger partial charge in [-0.05, 0) is 43.0 Å². The molecule has 3 aromatic rings. The predicted molar refractivity (Wildman–Crippen MR) is 106 cm³/mol. The van der Waals surface area contributed by atoms with Crippen molar-refractivity contribution in [1.82, 2.24) is 15.0 Å². The third kappa shape index (κ3) is 3.83. The molecule has 0 saturated heterocycles. The first kappa shape index (κ1) is 17.6. The van der Waals surface area contributed by atoms with Crippen molar-refractivity contribution in [1.29, 1.82) is 0 Å². The SMILES string of the molecule is CON=C1CCCc2nc(-c3cccc(Cc4ccccc4Cl)n3)ncc21. The van der Waals surface area contributed by atoms with Crippen LogP contribution in [0.1, 0.15) is 35.4 Å². The maximum atomic E-state index is 6.28. The summed E-state index contributed by atoms with van der Waals surface area (Å²) in [6.45, 7) is 0. The summed E-state index contributed by atoms with van der Waals surface area (Å²) in [5.41, 5.74) is 5.63. The van der Waals surface area contributed by atoms with Crippen LogP contribution in [-0.2, 0) is 17.7 Å². The van der Waals surface area contributed by atoms with E-state index in [2.05, 4.69) is 10.1 Å². The summed E-state index contributed by atoms with van der Waals surface area (Å²) in [5, 5.41) is 4.85. The molecule has 4 rings (SSSR count). The second kappa shape index (κ2) is 7.84. The van der Waals surface area contributed by atoms with Crippen molar-refractivity contribution in [3.8, 4) is 11.5 Å². The highest BCUT2D eigenvalue weighted by Crippen LogP contribution is 2.23. The first-order valence-electron chi connectivity index (χ1n) is 8.90. The fourth-order valence-electron chi connectivity index (χ4n) is 3.27. The van der Waals surface area contributed by atoms with Gasteiger partial charge in [-0.25, -0.2) is 15.0 Å². The van der Waals surface area contributed by atoms with E-state index >= 15 is 0 Å². The maximum Gasteiger partial charge on any atom is 0.178 e. The van der Waals surface area contributed by atoms with E-state index in [1.54, 1.807) is 7.11 Å². The Bertz CT molecular complexity index is 1000. The van der Waals surface area contributed by atoms with Crippen LogP contribution in [0, 0.1) is 0 Å². The van der Waals surface area contributed by atoms with Crippen LogP contribution < -0.4 is 0 Å². The number of pyridine rings is 1. The van der Waals surface area contributed by atoms with Crippen LogP contribution >= 0.6 is 11.6 Å². The Morgan fingerprint density at radius 2 is 1.96 bits per heavy atom. The van der Waals surface area contributed by atoms with Crippen molar-refractivity contribution in [2.24, 2.45) is 5.16 Å². The van der Waals surface area contributed by atoms with E-state index < -0.39 is 0 Å². The molecule has 0 N–H and O–H groups in total. The van der Waals surface area contributed by atoms with Gasteiger partial charge in [-0.1, -0.05) is 41.0 Å². The molecule has 1 aliphatic carbocycles. The first-order chi connectivity index (χ1) is 13.2. The van der Waals surface area contributed by atoms with Gasteiger partial charge in [0.05, 0.1) is 11.4 Å². The van der Waals surface area contributed by atoms with Crippen molar-refractivity contribution < 1.29 is 4.84 Å². The Morgan fingerprint density at radius 3 is 2.81 bits per heavy atom. The molecule has 27 heavy (non-hydrogen) atoms. The Kier molecular flexibility index (Phi) is 5.12. The number of aryl methyl sites for hydroxylation is 1. The Balaban J connectivity index is 1.65. The van der Waals surface area contributed by atoms with E-state index in [1.165, 1.54) is 0 Å². The smallest absolute Gasteiger partial charge is 0.178 e. The van der Waals surface area contributed by atoms with Gasteiger partial charge in [0.2, 0.25) is 0 Å². The number of hydrogen-bond donors (Lipinski definition) is 0. The van der Waals surface area contributed by atoms with Crippen LogP contribution in [0.15, 0.2) is 53.8 Å². The van der Waals surface area contributed by atoms with E-state index in [0.29, 0.717) is 12.2 Å². The summed E-state index contributed by atoms with van der Waals surface area (Å²) in [4.78, 5) is 19.0. The lowest BCUT2D eigenvalue weighted by Gasteiger charge is -2.16. The number of rotatable bonds is 4. The van der Waals surface area contributed by atoms with E-state index in [1.807, 2.05) is 48.7 Å². The van der Waals surface area contributed by atoms with Gasteiger partial charge in [-0.2, -0.15) is 0 Å². The van der Waals surface area contributed by atoms with Gasteiger partial charge >= 0.3 is 0 Å². The fourth-order valence-corrected chi connectivity index (χ4v) is 3.48. The minimum Gasteiger partial charge on any atom is -0.399 e. The topological polar surface area (TPSA) is 60.3 Å². The zero-order valence-corrected chi connectivity index (χ0v) is 15.8. The molecule has 136 valence electrons. The van der Waals surface area contributed by atoms with Gasteiger partial charge in [0.1, 0.15) is 12.8 Å². The second-order valence-electron chi connectivity index (χ2n) is 6.41. The first-order valence-corrected chi connectivity index (χ1v) is 9.28. The molecular weight excluding hydrogens is 360 g/mol. The Hall–Kier alpha value is -2.79. The summed E-state index contributed by atoms with van der Waals surface area (Å²) in [5.74, 6) is 0.633. The van der Waals surface area contributed by atoms with E-state index in [9.17, 15) is 0 Å². The lowest BCUT2D eigenvalue weighted by Crippen LogP contribution is -2.15. The highest BCUT2D eigenvalue weighted by atomic mass is 35.5. The summed E-state index contributed by atoms with van der Waals surface area (Å²) in [7, 11) is 1.56. The quantitative estimate of drug-likeness (QED) is 0.628. The van der Waals surface area contributed by atoms with Gasteiger partial charge < -0.3 is 4.84 Å². The van der Waals surface area contributed by atoms with Crippen molar-refractivity contribution in [2.45, 2.75) is 25.7 Å². The molecule has 0 unspecified atom stereocenters. The van der Waals surface area contributed by atoms with Crippen LogP contribution in [0.5, 0.6) is 0 Å². The standard InChI is InChI=1S/C21H19ClN4O/c1-27-26-19-10-5-9-18-16(19)13-23-21(25-18)20-11-4-7-15(24-20)12-14-6-2-3-8-17(14)22/h2-4,6-8,11,13H,5,9-10,12H2,1H3. The fraction of sp³-hybridized carbons (Fsp3) is 0.238. The van der Waals surface area contributed by atoms with Crippen molar-refractivity contribution >= 4 is 17.3 Å². The van der Waals surface area contributed by atoms with Gasteiger partial charge in [-0.3, -0.25) is 0 Å². The lowest BCUT2D eigenvalue weighted by atomic mass is 9.95. The monoisotopic (exact) mass is 378 g/mol. The molecule has 0 amide bonds. The second-order valence-corrected chi connectivity index (χ2v) is 6.82. The molecule has 0 spiro atoms. The Morgan fingerprint density at radius 1 is 1.07 bits per heavy atom. The molecule has 6 heteroatoms. The van der Waals surface area contributed by atoms with Crippen LogP contribution in [0.3, 0.4) is 0 Å². The zero-order chi connectivity index (χ0) is 18.6. The van der Waals surface area contributed by atoms with E-state index in [0.717, 1.165) is 58.2 Å². The highest BCUT2D eigenvalue weighted by molar-refractivity contribution is 6.31.